The number of aryl methyl sites for hydroxylation is 3. The number of rotatable bonds is 2. The molecule has 0 aliphatic carbocycles. The summed E-state index contributed by atoms with van der Waals surface area (Å²) >= 11 is 0. The van der Waals surface area contributed by atoms with Gasteiger partial charge in [0.25, 0.3) is 0 Å². The Bertz CT molecular complexity index is 291. The first-order valence-corrected chi connectivity index (χ1v) is 4.76. The minimum absolute atomic E-state index is 0.991. The van der Waals surface area contributed by atoms with Crippen LogP contribution < -0.4 is 5.73 Å². The minimum atomic E-state index is 0.991. The molecule has 3 heteroatoms. The van der Waals surface area contributed by atoms with Gasteiger partial charge < -0.3 is 5.73 Å². The molecule has 0 atom stereocenters. The molecule has 0 unspecified atom stereocenters. The van der Waals surface area contributed by atoms with Crippen molar-refractivity contribution in [3.05, 3.63) is 28.8 Å². The molecule has 14 heavy (non-hydrogen) atoms. The summed E-state index contributed by atoms with van der Waals surface area (Å²) in [6, 6.07) is 4.35. The van der Waals surface area contributed by atoms with Crippen molar-refractivity contribution >= 4 is 5.69 Å². The van der Waals surface area contributed by atoms with Gasteiger partial charge in [-0.2, -0.15) is 0 Å². The molecule has 0 spiro atoms. The van der Waals surface area contributed by atoms with Gasteiger partial charge in [-0.15, -0.1) is 0 Å². The van der Waals surface area contributed by atoms with E-state index in [-0.39, 0.29) is 0 Å². The summed E-state index contributed by atoms with van der Waals surface area (Å²) in [5.41, 5.74) is 10.9. The van der Waals surface area contributed by atoms with Crippen molar-refractivity contribution in [2.45, 2.75) is 33.6 Å². The molecule has 0 aliphatic rings. The molecule has 0 saturated carbocycles. The van der Waals surface area contributed by atoms with Crippen LogP contribution in [0.25, 0.3) is 0 Å². The Hall–Kier alpha value is -1.56. The summed E-state index contributed by atoms with van der Waals surface area (Å²) in [5.74, 6) is 0. The van der Waals surface area contributed by atoms with Gasteiger partial charge in [0.15, 0.2) is 0 Å². The highest BCUT2D eigenvalue weighted by molar-refractivity contribution is 5.55. The molecule has 2 N–H and O–H groups in total. The second-order valence-electron chi connectivity index (χ2n) is 3.20. The first-order chi connectivity index (χ1) is 6.69. The van der Waals surface area contributed by atoms with E-state index in [2.05, 4.69) is 32.9 Å². The first kappa shape index (κ1) is 12.4. The second-order valence-corrected chi connectivity index (χ2v) is 3.20. The number of hydrogen-bond acceptors (Lipinski definition) is 3. The minimum Gasteiger partial charge on any atom is -0.398 e. The van der Waals surface area contributed by atoms with Gasteiger partial charge in [0.05, 0.1) is 0 Å². The summed E-state index contributed by atoms with van der Waals surface area (Å²) in [6.07, 6.45) is 2.06. The molecule has 3 nitrogen and oxygen atoms in total. The van der Waals surface area contributed by atoms with Crippen molar-refractivity contribution in [2.75, 3.05) is 5.73 Å². The maximum atomic E-state index is 6.00. The van der Waals surface area contributed by atoms with Gasteiger partial charge in [0.1, 0.15) is 0 Å². The van der Waals surface area contributed by atoms with E-state index in [0.29, 0.717) is 0 Å². The van der Waals surface area contributed by atoms with Gasteiger partial charge in [-0.3, -0.25) is 0 Å². The standard InChI is InChI=1S/C11H17N.N2/c1-4-9-6-8(3)7-10(5-2)11(9)12;1-2/h6-7H,4-5,12H2,1-3H3;. The van der Waals surface area contributed by atoms with Crippen molar-refractivity contribution in [2.24, 2.45) is 0 Å². The maximum Gasteiger partial charge on any atom is 0.0379 e. The van der Waals surface area contributed by atoms with E-state index in [1.165, 1.54) is 16.7 Å². The van der Waals surface area contributed by atoms with Crippen molar-refractivity contribution in [1.82, 2.24) is 0 Å². The largest absolute Gasteiger partial charge is 0.398 e. The smallest absolute Gasteiger partial charge is 0.0379 e. The fourth-order valence-electron chi connectivity index (χ4n) is 1.54. The van der Waals surface area contributed by atoms with Crippen molar-refractivity contribution in [1.29, 1.82) is 10.8 Å². The SMILES string of the molecule is CCc1cc(C)cc(CC)c1N.N#N. The van der Waals surface area contributed by atoms with Crippen LogP contribution in [0, 0.1) is 17.7 Å². The van der Waals surface area contributed by atoms with E-state index in [4.69, 9.17) is 16.5 Å². The van der Waals surface area contributed by atoms with Gasteiger partial charge >= 0.3 is 0 Å². The average Bonchev–Trinajstić information content (AvgIpc) is 2.23. The molecule has 0 amide bonds. The summed E-state index contributed by atoms with van der Waals surface area (Å²) in [4.78, 5) is 0. The highest BCUT2D eigenvalue weighted by atomic mass is 14.6. The van der Waals surface area contributed by atoms with Crippen LogP contribution in [0.4, 0.5) is 5.69 Å². The lowest BCUT2D eigenvalue weighted by Crippen LogP contribution is -1.99. The lowest BCUT2D eigenvalue weighted by molar-refractivity contribution is 1.08. The number of benzene rings is 1. The number of nitrogen functional groups attached to an aromatic ring is 1. The highest BCUT2D eigenvalue weighted by Gasteiger charge is 2.02. The predicted octanol–water partition coefficient (Wildman–Crippen LogP) is 2.73. The third-order valence-corrected chi connectivity index (χ3v) is 2.26. The average molecular weight is 191 g/mol. The molecule has 76 valence electrons. The molecule has 0 bridgehead atoms. The van der Waals surface area contributed by atoms with Crippen LogP contribution in [0.5, 0.6) is 0 Å². The first-order valence-electron chi connectivity index (χ1n) is 4.76. The van der Waals surface area contributed by atoms with Gasteiger partial charge in [-0.05, 0) is 30.9 Å². The molecule has 0 heterocycles. The van der Waals surface area contributed by atoms with E-state index in [0.717, 1.165) is 18.5 Å². The molecule has 1 aromatic rings. The Kier molecular flexibility index (Phi) is 5.31. The molecule has 0 aromatic heterocycles. The third-order valence-electron chi connectivity index (χ3n) is 2.26. The lowest BCUT2D eigenvalue weighted by Gasteiger charge is -2.09. The lowest BCUT2D eigenvalue weighted by atomic mass is 10.0. The number of nitrogens with zero attached hydrogens (tertiary/aromatic N) is 2. The van der Waals surface area contributed by atoms with Gasteiger partial charge in [0.2, 0.25) is 0 Å². The maximum absolute atomic E-state index is 6.00. The fraction of sp³-hybridized carbons (Fsp3) is 0.455. The van der Waals surface area contributed by atoms with Crippen molar-refractivity contribution in [3.8, 4) is 0 Å². The van der Waals surface area contributed by atoms with E-state index in [9.17, 15) is 0 Å². The predicted molar refractivity (Wildman–Crippen MR) is 57.8 cm³/mol. The van der Waals surface area contributed by atoms with Crippen LogP contribution in [0.3, 0.4) is 0 Å². The van der Waals surface area contributed by atoms with E-state index >= 15 is 0 Å². The zero-order chi connectivity index (χ0) is 11.1. The van der Waals surface area contributed by atoms with E-state index in [1.54, 1.807) is 0 Å². The number of anilines is 1. The van der Waals surface area contributed by atoms with E-state index < -0.39 is 0 Å². The molecule has 0 saturated heterocycles. The Morgan fingerprint density at radius 3 is 1.71 bits per heavy atom. The summed E-state index contributed by atoms with van der Waals surface area (Å²) in [5, 5.41) is 12.0. The zero-order valence-corrected chi connectivity index (χ0v) is 9.04. The molecule has 0 fully saturated rings. The third kappa shape index (κ3) is 2.74. The molecular formula is C11H17N3. The van der Waals surface area contributed by atoms with Crippen LogP contribution in [-0.2, 0) is 12.8 Å². The van der Waals surface area contributed by atoms with Crippen molar-refractivity contribution < 1.29 is 0 Å². The molecule has 0 aliphatic heterocycles. The monoisotopic (exact) mass is 191 g/mol. The van der Waals surface area contributed by atoms with Crippen molar-refractivity contribution in [3.63, 3.8) is 0 Å². The molecular weight excluding hydrogens is 174 g/mol. The van der Waals surface area contributed by atoms with Crippen LogP contribution in [0.15, 0.2) is 12.1 Å². The van der Waals surface area contributed by atoms with Crippen LogP contribution >= 0.6 is 0 Å². The molecule has 1 rings (SSSR count). The van der Waals surface area contributed by atoms with Crippen LogP contribution in [0.1, 0.15) is 30.5 Å². The summed E-state index contributed by atoms with van der Waals surface area (Å²) in [7, 11) is 0. The zero-order valence-electron chi connectivity index (χ0n) is 9.04. The van der Waals surface area contributed by atoms with Crippen LogP contribution in [-0.4, -0.2) is 0 Å². The normalized spacial score (nSPS) is 8.93. The Morgan fingerprint density at radius 2 is 1.43 bits per heavy atom. The van der Waals surface area contributed by atoms with Gasteiger partial charge in [-0.1, -0.05) is 31.5 Å². The van der Waals surface area contributed by atoms with Gasteiger partial charge in [0, 0.05) is 16.5 Å². The van der Waals surface area contributed by atoms with E-state index in [1.807, 2.05) is 0 Å². The highest BCUT2D eigenvalue weighted by Crippen LogP contribution is 2.20. The Labute approximate surface area is 85.4 Å². The molecule has 0 radical (unpaired) electrons. The topological polar surface area (TPSA) is 73.6 Å². The second kappa shape index (κ2) is 5.98. The molecule has 1 aromatic carbocycles. The Morgan fingerprint density at radius 1 is 1.07 bits per heavy atom. The summed E-state index contributed by atoms with van der Waals surface area (Å²) < 4.78 is 0. The number of nitrogens with two attached hydrogens (primary N) is 1. The summed E-state index contributed by atoms with van der Waals surface area (Å²) in [6.45, 7) is 6.41. The van der Waals surface area contributed by atoms with Gasteiger partial charge in [-0.25, -0.2) is 0 Å². The fourth-order valence-corrected chi connectivity index (χ4v) is 1.54. The van der Waals surface area contributed by atoms with Crippen LogP contribution in [0.2, 0.25) is 0 Å². The number of hydrogen-bond donors (Lipinski definition) is 1. The quantitative estimate of drug-likeness (QED) is 0.577. The Balaban J connectivity index is 0.000000791.